The van der Waals surface area contributed by atoms with Gasteiger partial charge < -0.3 is 19.7 Å². The zero-order valence-electron chi connectivity index (χ0n) is 11.2. The maximum atomic E-state index is 12.0. The summed E-state index contributed by atoms with van der Waals surface area (Å²) in [5, 5.41) is 3.45. The number of rotatable bonds is 5. The number of hydrogen-bond donors (Lipinski definition) is 1. The third-order valence-electron chi connectivity index (χ3n) is 4.01. The van der Waals surface area contributed by atoms with Gasteiger partial charge in [-0.3, -0.25) is 4.79 Å². The van der Waals surface area contributed by atoms with E-state index in [9.17, 15) is 4.79 Å². The summed E-state index contributed by atoms with van der Waals surface area (Å²) >= 11 is 0. The number of piperidine rings is 1. The van der Waals surface area contributed by atoms with Crippen molar-refractivity contribution in [3.8, 4) is 0 Å². The Morgan fingerprint density at radius 2 is 2.28 bits per heavy atom. The monoisotopic (exact) mass is 256 g/mol. The molecule has 0 bridgehead atoms. The van der Waals surface area contributed by atoms with E-state index in [-0.39, 0.29) is 12.5 Å². The molecule has 0 aromatic rings. The first-order chi connectivity index (χ1) is 8.76. The van der Waals surface area contributed by atoms with Crippen LogP contribution >= 0.6 is 0 Å². The van der Waals surface area contributed by atoms with E-state index in [1.807, 2.05) is 4.90 Å². The van der Waals surface area contributed by atoms with Gasteiger partial charge in [0, 0.05) is 32.2 Å². The molecular formula is C13H24N2O3. The van der Waals surface area contributed by atoms with Gasteiger partial charge in [0.25, 0.3) is 0 Å². The third-order valence-corrected chi connectivity index (χ3v) is 4.01. The topological polar surface area (TPSA) is 50.8 Å². The molecule has 2 aliphatic rings. The van der Waals surface area contributed by atoms with Gasteiger partial charge in [-0.05, 0) is 25.8 Å². The van der Waals surface area contributed by atoms with Crippen LogP contribution in [0.4, 0.5) is 0 Å². The fourth-order valence-electron chi connectivity index (χ4n) is 2.92. The van der Waals surface area contributed by atoms with Gasteiger partial charge in [0.05, 0.1) is 13.2 Å². The van der Waals surface area contributed by atoms with E-state index in [2.05, 4.69) is 5.32 Å². The molecule has 2 rings (SSSR count). The second-order valence-electron chi connectivity index (χ2n) is 5.39. The van der Waals surface area contributed by atoms with Crippen LogP contribution in [0.15, 0.2) is 0 Å². The summed E-state index contributed by atoms with van der Waals surface area (Å²) in [5.74, 6) is 0.119. The first-order valence-corrected chi connectivity index (χ1v) is 6.81. The van der Waals surface area contributed by atoms with Crippen molar-refractivity contribution in [1.82, 2.24) is 10.2 Å². The number of hydrogen-bond acceptors (Lipinski definition) is 4. The molecule has 0 unspecified atom stereocenters. The molecule has 0 aliphatic carbocycles. The fourth-order valence-corrected chi connectivity index (χ4v) is 2.92. The molecule has 5 nitrogen and oxygen atoms in total. The summed E-state index contributed by atoms with van der Waals surface area (Å²) in [7, 11) is 1.63. The molecule has 1 N–H and O–H groups in total. The molecule has 104 valence electrons. The van der Waals surface area contributed by atoms with Crippen molar-refractivity contribution in [2.24, 2.45) is 5.41 Å². The zero-order valence-corrected chi connectivity index (χ0v) is 11.2. The average molecular weight is 256 g/mol. The summed E-state index contributed by atoms with van der Waals surface area (Å²) in [4.78, 5) is 13.9. The SMILES string of the molecule is COCCOCC(=O)N1CC[C@@]2(CCCNC2)C1. The maximum absolute atomic E-state index is 12.0. The second kappa shape index (κ2) is 6.50. The van der Waals surface area contributed by atoms with Crippen molar-refractivity contribution in [3.05, 3.63) is 0 Å². The van der Waals surface area contributed by atoms with Crippen LogP contribution in [0, 0.1) is 5.41 Å². The highest BCUT2D eigenvalue weighted by atomic mass is 16.5. The molecule has 1 amide bonds. The Bertz CT molecular complexity index is 277. The second-order valence-corrected chi connectivity index (χ2v) is 5.39. The predicted octanol–water partition coefficient (Wildman–Crippen LogP) is 0.252. The van der Waals surface area contributed by atoms with Crippen LogP contribution in [0.1, 0.15) is 19.3 Å². The van der Waals surface area contributed by atoms with E-state index in [1.165, 1.54) is 12.8 Å². The third kappa shape index (κ3) is 3.43. The van der Waals surface area contributed by atoms with Gasteiger partial charge in [0.2, 0.25) is 5.91 Å². The molecule has 0 aromatic heterocycles. The van der Waals surface area contributed by atoms with Gasteiger partial charge in [-0.1, -0.05) is 0 Å². The number of carbonyl (C=O) groups is 1. The summed E-state index contributed by atoms with van der Waals surface area (Å²) < 4.78 is 10.2. The van der Waals surface area contributed by atoms with Crippen LogP contribution in [0.25, 0.3) is 0 Å². The van der Waals surface area contributed by atoms with Gasteiger partial charge in [-0.25, -0.2) is 0 Å². The summed E-state index contributed by atoms with van der Waals surface area (Å²) in [6, 6.07) is 0. The van der Waals surface area contributed by atoms with Gasteiger partial charge in [0.1, 0.15) is 6.61 Å². The normalized spacial score (nSPS) is 27.9. The number of methoxy groups -OCH3 is 1. The van der Waals surface area contributed by atoms with E-state index in [0.29, 0.717) is 18.6 Å². The number of nitrogens with one attached hydrogen (secondary N) is 1. The molecule has 18 heavy (non-hydrogen) atoms. The first-order valence-electron chi connectivity index (χ1n) is 6.81. The van der Waals surface area contributed by atoms with Gasteiger partial charge in [-0.2, -0.15) is 0 Å². The molecular weight excluding hydrogens is 232 g/mol. The molecule has 0 saturated carbocycles. The number of amides is 1. The highest BCUT2D eigenvalue weighted by Crippen LogP contribution is 2.36. The lowest BCUT2D eigenvalue weighted by atomic mass is 9.80. The van der Waals surface area contributed by atoms with Crippen LogP contribution in [0.2, 0.25) is 0 Å². The van der Waals surface area contributed by atoms with E-state index in [4.69, 9.17) is 9.47 Å². The van der Waals surface area contributed by atoms with Crippen LogP contribution < -0.4 is 5.32 Å². The Morgan fingerprint density at radius 1 is 1.39 bits per heavy atom. The van der Waals surface area contributed by atoms with E-state index in [0.717, 1.165) is 32.6 Å². The Morgan fingerprint density at radius 3 is 3.00 bits per heavy atom. The van der Waals surface area contributed by atoms with Crippen LogP contribution in [-0.4, -0.2) is 63.9 Å². The molecule has 1 atom stereocenters. The zero-order chi connectivity index (χ0) is 12.8. The maximum Gasteiger partial charge on any atom is 0.248 e. The van der Waals surface area contributed by atoms with E-state index < -0.39 is 0 Å². The van der Waals surface area contributed by atoms with E-state index >= 15 is 0 Å². The van der Waals surface area contributed by atoms with Crippen molar-refractivity contribution in [2.45, 2.75) is 19.3 Å². The molecule has 2 aliphatic heterocycles. The molecule has 2 saturated heterocycles. The first kappa shape index (κ1) is 13.8. The van der Waals surface area contributed by atoms with E-state index in [1.54, 1.807) is 7.11 Å². The Hall–Kier alpha value is -0.650. The number of carbonyl (C=O) groups excluding carboxylic acids is 1. The summed E-state index contributed by atoms with van der Waals surface area (Å²) in [6.07, 6.45) is 3.60. The van der Waals surface area contributed by atoms with Gasteiger partial charge in [0.15, 0.2) is 0 Å². The minimum Gasteiger partial charge on any atom is -0.382 e. The quantitative estimate of drug-likeness (QED) is 0.717. The van der Waals surface area contributed by atoms with Gasteiger partial charge in [-0.15, -0.1) is 0 Å². The number of likely N-dealkylation sites (tertiary alicyclic amines) is 1. The highest BCUT2D eigenvalue weighted by molar-refractivity contribution is 5.77. The highest BCUT2D eigenvalue weighted by Gasteiger charge is 2.40. The summed E-state index contributed by atoms with van der Waals surface area (Å²) in [6.45, 7) is 5.18. The molecule has 0 radical (unpaired) electrons. The lowest BCUT2D eigenvalue weighted by Crippen LogP contribution is -2.43. The Balaban J connectivity index is 1.72. The van der Waals surface area contributed by atoms with Crippen molar-refractivity contribution < 1.29 is 14.3 Å². The lowest BCUT2D eigenvalue weighted by Gasteiger charge is -2.33. The Labute approximate surface area is 109 Å². The Kier molecular flexibility index (Phi) is 4.97. The molecule has 2 heterocycles. The number of ether oxygens (including phenoxy) is 2. The van der Waals surface area contributed by atoms with Crippen molar-refractivity contribution in [3.63, 3.8) is 0 Å². The molecule has 5 heteroatoms. The smallest absolute Gasteiger partial charge is 0.248 e. The predicted molar refractivity (Wildman–Crippen MR) is 68.4 cm³/mol. The molecule has 2 fully saturated rings. The van der Waals surface area contributed by atoms with Crippen molar-refractivity contribution in [2.75, 3.05) is 53.1 Å². The van der Waals surface area contributed by atoms with Crippen molar-refractivity contribution in [1.29, 1.82) is 0 Å². The van der Waals surface area contributed by atoms with Crippen LogP contribution in [0.3, 0.4) is 0 Å². The lowest BCUT2D eigenvalue weighted by molar-refractivity contribution is -0.136. The minimum absolute atomic E-state index is 0.119. The van der Waals surface area contributed by atoms with Crippen LogP contribution in [-0.2, 0) is 14.3 Å². The van der Waals surface area contributed by atoms with Gasteiger partial charge >= 0.3 is 0 Å². The molecule has 0 aromatic carbocycles. The fraction of sp³-hybridized carbons (Fsp3) is 0.923. The largest absolute Gasteiger partial charge is 0.382 e. The number of nitrogens with zero attached hydrogens (tertiary/aromatic N) is 1. The minimum atomic E-state index is 0.119. The standard InChI is InChI=1S/C13H24N2O3/c1-17-7-8-18-9-12(16)15-6-4-13(11-15)3-2-5-14-10-13/h14H,2-11H2,1H3/t13-/m1/s1. The average Bonchev–Trinajstić information content (AvgIpc) is 2.79. The molecule has 1 spiro atoms. The summed E-state index contributed by atoms with van der Waals surface area (Å²) in [5.41, 5.74) is 0.334. The van der Waals surface area contributed by atoms with Crippen LogP contribution in [0.5, 0.6) is 0 Å². The van der Waals surface area contributed by atoms with Crippen molar-refractivity contribution >= 4 is 5.91 Å².